The molecule has 0 aliphatic rings. The molecule has 0 heterocycles. The van der Waals surface area contributed by atoms with E-state index in [9.17, 15) is 18.0 Å². The van der Waals surface area contributed by atoms with E-state index >= 15 is 0 Å². The Kier molecular flexibility index (Phi) is 8.05. The smallest absolute Gasteiger partial charge is 0.280 e. The standard InChI is InChI=1S/C23H21ClF3N5O/c24-15-9-18(27)11-19(10-15)30-23(32-22(33)14-2-1-3-17(26)8-14)31-21(29)12-20(28)13-4-6-16(25)7-5-13/h1-11,20-21H,12,28-29H2,(H2,30,31,32,33). The summed E-state index contributed by atoms with van der Waals surface area (Å²) < 4.78 is 40.4. The SMILES string of the molecule is NC(CC(N)c1ccc(F)cc1)N/C(=N\C(=O)c1cccc(F)c1)Nc1cc(F)cc(Cl)c1. The Morgan fingerprint density at radius 3 is 2.33 bits per heavy atom. The fourth-order valence-electron chi connectivity index (χ4n) is 3.00. The van der Waals surface area contributed by atoms with Gasteiger partial charge in [-0.15, -0.1) is 0 Å². The van der Waals surface area contributed by atoms with Crippen molar-refractivity contribution >= 4 is 29.2 Å². The second kappa shape index (κ2) is 11.0. The van der Waals surface area contributed by atoms with Gasteiger partial charge in [-0.05, 0) is 60.5 Å². The largest absolute Gasteiger partial charge is 0.341 e. The molecule has 3 aromatic carbocycles. The number of aliphatic imine (C=N–C) groups is 1. The third-order valence-electron chi connectivity index (χ3n) is 4.54. The van der Waals surface area contributed by atoms with E-state index in [-0.39, 0.29) is 28.7 Å². The maximum absolute atomic E-state index is 13.7. The van der Waals surface area contributed by atoms with Gasteiger partial charge in [0.15, 0.2) is 0 Å². The number of nitrogens with zero attached hydrogens (tertiary/aromatic N) is 1. The van der Waals surface area contributed by atoms with Crippen molar-refractivity contribution in [2.24, 2.45) is 16.5 Å². The summed E-state index contributed by atoms with van der Waals surface area (Å²) in [6.07, 6.45) is -0.620. The van der Waals surface area contributed by atoms with Crippen LogP contribution < -0.4 is 22.1 Å². The van der Waals surface area contributed by atoms with Crippen molar-refractivity contribution in [1.82, 2.24) is 5.32 Å². The number of nitrogens with one attached hydrogen (secondary N) is 2. The van der Waals surface area contributed by atoms with Gasteiger partial charge in [0.25, 0.3) is 5.91 Å². The second-order valence-electron chi connectivity index (χ2n) is 7.20. The van der Waals surface area contributed by atoms with Gasteiger partial charge in [-0.2, -0.15) is 4.99 Å². The van der Waals surface area contributed by atoms with Crippen LogP contribution in [-0.2, 0) is 0 Å². The van der Waals surface area contributed by atoms with Gasteiger partial charge >= 0.3 is 0 Å². The van der Waals surface area contributed by atoms with Crippen LogP contribution in [0.15, 0.2) is 71.7 Å². The van der Waals surface area contributed by atoms with Crippen molar-refractivity contribution in [3.63, 3.8) is 0 Å². The number of carbonyl (C=O) groups excluding carboxylic acids is 1. The van der Waals surface area contributed by atoms with Crippen LogP contribution in [-0.4, -0.2) is 18.0 Å². The maximum Gasteiger partial charge on any atom is 0.280 e. The molecule has 6 nitrogen and oxygen atoms in total. The van der Waals surface area contributed by atoms with Crippen LogP contribution in [0.25, 0.3) is 0 Å². The van der Waals surface area contributed by atoms with Crippen molar-refractivity contribution in [3.8, 4) is 0 Å². The van der Waals surface area contributed by atoms with Gasteiger partial charge in [0.1, 0.15) is 17.5 Å². The van der Waals surface area contributed by atoms with E-state index in [0.717, 1.165) is 18.2 Å². The molecule has 0 aliphatic heterocycles. The molecule has 0 radical (unpaired) electrons. The number of hydrogen-bond donors (Lipinski definition) is 4. The summed E-state index contributed by atoms with van der Waals surface area (Å²) >= 11 is 5.89. The molecule has 0 bridgehead atoms. The van der Waals surface area contributed by atoms with Crippen LogP contribution in [0.5, 0.6) is 0 Å². The molecule has 10 heteroatoms. The molecular formula is C23H21ClF3N5O. The zero-order chi connectivity index (χ0) is 24.0. The van der Waals surface area contributed by atoms with E-state index in [2.05, 4.69) is 15.6 Å². The molecule has 0 aromatic heterocycles. The number of halogens is 4. The lowest BCUT2D eigenvalue weighted by molar-refractivity contribution is 0.100. The zero-order valence-electron chi connectivity index (χ0n) is 17.2. The van der Waals surface area contributed by atoms with Crippen molar-refractivity contribution in [2.45, 2.75) is 18.6 Å². The number of benzene rings is 3. The van der Waals surface area contributed by atoms with Gasteiger partial charge in [0.2, 0.25) is 5.96 Å². The highest BCUT2D eigenvalue weighted by Crippen LogP contribution is 2.19. The van der Waals surface area contributed by atoms with Crippen LogP contribution in [0, 0.1) is 17.5 Å². The predicted octanol–water partition coefficient (Wildman–Crippen LogP) is 4.33. The summed E-state index contributed by atoms with van der Waals surface area (Å²) in [5.41, 5.74) is 13.1. The average molecular weight is 476 g/mol. The number of rotatable bonds is 6. The minimum absolute atomic E-state index is 0.00459. The van der Waals surface area contributed by atoms with Crippen LogP contribution >= 0.6 is 11.6 Å². The van der Waals surface area contributed by atoms with Gasteiger partial charge in [-0.1, -0.05) is 29.8 Å². The van der Waals surface area contributed by atoms with E-state index in [0.29, 0.717) is 5.56 Å². The van der Waals surface area contributed by atoms with Gasteiger partial charge < -0.3 is 22.1 Å². The van der Waals surface area contributed by atoms with Crippen LogP contribution in [0.4, 0.5) is 18.9 Å². The van der Waals surface area contributed by atoms with Crippen LogP contribution in [0.3, 0.4) is 0 Å². The summed E-state index contributed by atoms with van der Waals surface area (Å²) in [6, 6.07) is 13.8. The number of carbonyl (C=O) groups is 1. The number of hydrogen-bond acceptors (Lipinski definition) is 3. The Balaban J connectivity index is 1.80. The fourth-order valence-corrected chi connectivity index (χ4v) is 3.22. The molecule has 3 aromatic rings. The van der Waals surface area contributed by atoms with E-state index < -0.39 is 35.6 Å². The molecule has 172 valence electrons. The van der Waals surface area contributed by atoms with E-state index in [4.69, 9.17) is 23.1 Å². The highest BCUT2D eigenvalue weighted by Gasteiger charge is 2.16. The summed E-state index contributed by atoms with van der Waals surface area (Å²) in [7, 11) is 0. The van der Waals surface area contributed by atoms with E-state index in [1.165, 1.54) is 36.4 Å². The first kappa shape index (κ1) is 24.2. The van der Waals surface area contributed by atoms with Crippen molar-refractivity contribution in [1.29, 1.82) is 0 Å². The molecule has 2 unspecified atom stereocenters. The first-order valence-electron chi connectivity index (χ1n) is 9.84. The van der Waals surface area contributed by atoms with Gasteiger partial charge in [-0.25, -0.2) is 13.2 Å². The number of guanidine groups is 1. The second-order valence-corrected chi connectivity index (χ2v) is 7.64. The van der Waals surface area contributed by atoms with Gasteiger partial charge in [0, 0.05) is 22.3 Å². The maximum atomic E-state index is 13.7. The molecule has 6 N–H and O–H groups in total. The monoisotopic (exact) mass is 475 g/mol. The quantitative estimate of drug-likeness (QED) is 0.241. The molecule has 0 spiro atoms. The molecule has 0 aliphatic carbocycles. The lowest BCUT2D eigenvalue weighted by Gasteiger charge is -2.21. The third-order valence-corrected chi connectivity index (χ3v) is 4.76. The van der Waals surface area contributed by atoms with Crippen molar-refractivity contribution in [3.05, 3.63) is 100 Å². The number of amides is 1. The zero-order valence-corrected chi connectivity index (χ0v) is 18.0. The van der Waals surface area contributed by atoms with E-state index in [1.807, 2.05) is 0 Å². The average Bonchev–Trinajstić information content (AvgIpc) is 2.73. The fraction of sp³-hybridized carbons (Fsp3) is 0.130. The van der Waals surface area contributed by atoms with Crippen LogP contribution in [0.2, 0.25) is 5.02 Å². The van der Waals surface area contributed by atoms with Gasteiger partial charge in [0.05, 0.1) is 6.17 Å². The Bertz CT molecular complexity index is 1140. The summed E-state index contributed by atoms with van der Waals surface area (Å²) in [5.74, 6) is -2.48. The molecule has 0 fully saturated rings. The number of nitrogens with two attached hydrogens (primary N) is 2. The first-order valence-corrected chi connectivity index (χ1v) is 10.2. The molecule has 3 rings (SSSR count). The minimum atomic E-state index is -0.805. The summed E-state index contributed by atoms with van der Waals surface area (Å²) in [6.45, 7) is 0. The Morgan fingerprint density at radius 1 is 0.939 bits per heavy atom. The summed E-state index contributed by atoms with van der Waals surface area (Å²) in [4.78, 5) is 16.5. The lowest BCUT2D eigenvalue weighted by Crippen LogP contribution is -2.46. The topological polar surface area (TPSA) is 106 Å². The molecule has 1 amide bonds. The Hall–Kier alpha value is -3.40. The molecule has 33 heavy (non-hydrogen) atoms. The molecule has 2 atom stereocenters. The van der Waals surface area contributed by atoms with E-state index in [1.54, 1.807) is 12.1 Å². The molecule has 0 saturated heterocycles. The minimum Gasteiger partial charge on any atom is -0.341 e. The Labute approximate surface area is 193 Å². The van der Waals surface area contributed by atoms with Gasteiger partial charge in [-0.3, -0.25) is 4.79 Å². The summed E-state index contributed by atoms with van der Waals surface area (Å²) in [5, 5.41) is 5.69. The lowest BCUT2D eigenvalue weighted by atomic mass is 10.0. The molecular weight excluding hydrogens is 455 g/mol. The van der Waals surface area contributed by atoms with Crippen molar-refractivity contribution < 1.29 is 18.0 Å². The van der Waals surface area contributed by atoms with Crippen molar-refractivity contribution in [2.75, 3.05) is 5.32 Å². The highest BCUT2D eigenvalue weighted by molar-refractivity contribution is 6.31. The predicted molar refractivity (Wildman–Crippen MR) is 122 cm³/mol. The third kappa shape index (κ3) is 7.31. The van der Waals surface area contributed by atoms with Crippen LogP contribution in [0.1, 0.15) is 28.4 Å². The first-order chi connectivity index (χ1) is 15.7. The normalized spacial score (nSPS) is 13.3. The molecule has 0 saturated carbocycles. The Morgan fingerprint density at radius 2 is 1.67 bits per heavy atom. The highest BCUT2D eigenvalue weighted by atomic mass is 35.5. The number of anilines is 1.